The van der Waals surface area contributed by atoms with Gasteiger partial charge in [0.2, 0.25) is 6.79 Å². The number of ether oxygens (including phenoxy) is 2. The van der Waals surface area contributed by atoms with Crippen molar-refractivity contribution in [3.63, 3.8) is 0 Å². The van der Waals surface area contributed by atoms with Gasteiger partial charge in [0, 0.05) is 11.6 Å². The SMILES string of the molecule is O=C(O)C(O)C(O)c1cc2c(cc1Cl)OCO2. The van der Waals surface area contributed by atoms with Gasteiger partial charge in [0.05, 0.1) is 5.02 Å². The van der Waals surface area contributed by atoms with Crippen LogP contribution in [0.15, 0.2) is 12.1 Å². The van der Waals surface area contributed by atoms with E-state index in [4.69, 9.17) is 26.2 Å². The third-order valence-corrected chi connectivity index (χ3v) is 2.69. The summed E-state index contributed by atoms with van der Waals surface area (Å²) >= 11 is 5.85. The van der Waals surface area contributed by atoms with Crippen molar-refractivity contribution < 1.29 is 29.6 Å². The molecule has 2 unspecified atom stereocenters. The van der Waals surface area contributed by atoms with Crippen molar-refractivity contribution in [3.05, 3.63) is 22.7 Å². The van der Waals surface area contributed by atoms with Crippen LogP contribution >= 0.6 is 11.6 Å². The molecule has 1 aliphatic rings. The molecule has 2 rings (SSSR count). The molecule has 92 valence electrons. The number of carboxylic acids is 1. The Morgan fingerprint density at radius 2 is 1.88 bits per heavy atom. The van der Waals surface area contributed by atoms with E-state index in [-0.39, 0.29) is 17.4 Å². The number of hydrogen-bond acceptors (Lipinski definition) is 5. The Bertz CT molecular complexity index is 460. The van der Waals surface area contributed by atoms with E-state index >= 15 is 0 Å². The Morgan fingerprint density at radius 3 is 2.47 bits per heavy atom. The van der Waals surface area contributed by atoms with Crippen molar-refractivity contribution in [3.8, 4) is 11.5 Å². The highest BCUT2D eigenvalue weighted by molar-refractivity contribution is 6.31. The van der Waals surface area contributed by atoms with Gasteiger partial charge < -0.3 is 24.8 Å². The molecule has 0 amide bonds. The largest absolute Gasteiger partial charge is 0.479 e. The predicted octanol–water partition coefficient (Wildman–Crippen LogP) is 0.548. The zero-order valence-electron chi connectivity index (χ0n) is 8.46. The highest BCUT2D eigenvalue weighted by atomic mass is 35.5. The van der Waals surface area contributed by atoms with Crippen LogP contribution in [-0.4, -0.2) is 34.2 Å². The van der Waals surface area contributed by atoms with E-state index in [9.17, 15) is 15.0 Å². The number of aliphatic hydroxyl groups excluding tert-OH is 2. The molecule has 0 aliphatic carbocycles. The van der Waals surface area contributed by atoms with Crippen LogP contribution in [0.25, 0.3) is 0 Å². The lowest BCUT2D eigenvalue weighted by Crippen LogP contribution is -2.27. The van der Waals surface area contributed by atoms with E-state index in [1.54, 1.807) is 0 Å². The maximum Gasteiger partial charge on any atom is 0.335 e. The van der Waals surface area contributed by atoms with Gasteiger partial charge in [-0.05, 0) is 6.07 Å². The highest BCUT2D eigenvalue weighted by Gasteiger charge is 2.29. The molecular formula is C10H9ClO6. The average Bonchev–Trinajstić information content (AvgIpc) is 2.72. The smallest absolute Gasteiger partial charge is 0.335 e. The normalized spacial score (nSPS) is 16.6. The van der Waals surface area contributed by atoms with Crippen LogP contribution in [0.3, 0.4) is 0 Å². The lowest BCUT2D eigenvalue weighted by Gasteiger charge is -2.16. The molecule has 0 bridgehead atoms. The van der Waals surface area contributed by atoms with Gasteiger partial charge in [-0.3, -0.25) is 0 Å². The Kier molecular flexibility index (Phi) is 3.10. The van der Waals surface area contributed by atoms with E-state index < -0.39 is 18.2 Å². The minimum absolute atomic E-state index is 0.0344. The minimum Gasteiger partial charge on any atom is -0.479 e. The molecule has 1 heterocycles. The second-order valence-corrected chi connectivity index (χ2v) is 3.86. The minimum atomic E-state index is -1.95. The van der Waals surface area contributed by atoms with Crippen molar-refractivity contribution in [1.29, 1.82) is 0 Å². The van der Waals surface area contributed by atoms with Gasteiger partial charge >= 0.3 is 5.97 Å². The van der Waals surface area contributed by atoms with Gasteiger partial charge in [-0.2, -0.15) is 0 Å². The van der Waals surface area contributed by atoms with E-state index in [0.29, 0.717) is 11.5 Å². The number of carboxylic acid groups (broad SMARTS) is 1. The molecular weight excluding hydrogens is 252 g/mol. The lowest BCUT2D eigenvalue weighted by molar-refractivity contribution is -0.153. The maximum absolute atomic E-state index is 10.6. The van der Waals surface area contributed by atoms with Gasteiger partial charge in [-0.15, -0.1) is 0 Å². The maximum atomic E-state index is 10.6. The first-order valence-corrected chi connectivity index (χ1v) is 5.06. The van der Waals surface area contributed by atoms with Gasteiger partial charge in [0.15, 0.2) is 17.6 Å². The van der Waals surface area contributed by atoms with Crippen LogP contribution in [0.1, 0.15) is 11.7 Å². The summed E-state index contributed by atoms with van der Waals surface area (Å²) in [5, 5.41) is 27.6. The fourth-order valence-corrected chi connectivity index (χ4v) is 1.73. The van der Waals surface area contributed by atoms with Gasteiger partial charge in [-0.1, -0.05) is 11.6 Å². The lowest BCUT2D eigenvalue weighted by atomic mass is 10.0. The summed E-state index contributed by atoms with van der Waals surface area (Å²) in [6, 6.07) is 2.75. The van der Waals surface area contributed by atoms with Crippen molar-refractivity contribution in [2.75, 3.05) is 6.79 Å². The molecule has 0 spiro atoms. The van der Waals surface area contributed by atoms with Crippen LogP contribution in [0, 0.1) is 0 Å². The third kappa shape index (κ3) is 2.14. The predicted molar refractivity (Wildman–Crippen MR) is 56.2 cm³/mol. The second kappa shape index (κ2) is 4.40. The number of hydrogen-bond donors (Lipinski definition) is 3. The summed E-state index contributed by atoms with van der Waals surface area (Å²) < 4.78 is 10.1. The molecule has 2 atom stereocenters. The van der Waals surface area contributed by atoms with Crippen LogP contribution in [0.2, 0.25) is 5.02 Å². The topological polar surface area (TPSA) is 96.2 Å². The molecule has 7 heteroatoms. The number of benzene rings is 1. The summed E-state index contributed by atoms with van der Waals surface area (Å²) in [6.45, 7) is 0.0344. The molecule has 0 saturated carbocycles. The van der Waals surface area contributed by atoms with Crippen molar-refractivity contribution in [2.24, 2.45) is 0 Å². The van der Waals surface area contributed by atoms with Crippen LogP contribution in [0.5, 0.6) is 11.5 Å². The standard InChI is InChI=1S/C10H9ClO6/c11-5-2-7-6(16-3-17-7)1-4(5)8(12)9(13)10(14)15/h1-2,8-9,12-13H,3H2,(H,14,15). The second-order valence-electron chi connectivity index (χ2n) is 3.45. The van der Waals surface area contributed by atoms with Crippen molar-refractivity contribution in [1.82, 2.24) is 0 Å². The van der Waals surface area contributed by atoms with E-state index in [0.717, 1.165) is 0 Å². The monoisotopic (exact) mass is 260 g/mol. The first kappa shape index (κ1) is 12.0. The molecule has 17 heavy (non-hydrogen) atoms. The number of rotatable bonds is 3. The van der Waals surface area contributed by atoms with Gasteiger partial charge in [-0.25, -0.2) is 4.79 Å². The average molecular weight is 261 g/mol. The first-order valence-electron chi connectivity index (χ1n) is 4.68. The Morgan fingerprint density at radius 1 is 1.29 bits per heavy atom. The molecule has 6 nitrogen and oxygen atoms in total. The quantitative estimate of drug-likeness (QED) is 0.734. The Balaban J connectivity index is 2.35. The van der Waals surface area contributed by atoms with Crippen molar-refractivity contribution >= 4 is 17.6 Å². The summed E-state index contributed by atoms with van der Waals surface area (Å²) in [6.07, 6.45) is -3.58. The summed E-state index contributed by atoms with van der Waals surface area (Å²) in [7, 11) is 0. The zero-order valence-corrected chi connectivity index (χ0v) is 9.22. The van der Waals surface area contributed by atoms with Crippen LogP contribution < -0.4 is 9.47 Å². The Hall–Kier alpha value is -1.50. The van der Waals surface area contributed by atoms with Gasteiger partial charge in [0.25, 0.3) is 0 Å². The number of aliphatic carboxylic acids is 1. The van der Waals surface area contributed by atoms with E-state index in [1.165, 1.54) is 12.1 Å². The molecule has 0 saturated heterocycles. The van der Waals surface area contributed by atoms with Crippen LogP contribution in [-0.2, 0) is 4.79 Å². The molecule has 0 aromatic heterocycles. The highest BCUT2D eigenvalue weighted by Crippen LogP contribution is 2.39. The molecule has 0 fully saturated rings. The number of fused-ring (bicyclic) bond motifs is 1. The molecule has 3 N–H and O–H groups in total. The summed E-state index contributed by atoms with van der Waals surface area (Å²) in [5.74, 6) is -0.775. The molecule has 0 radical (unpaired) electrons. The number of carbonyl (C=O) groups is 1. The van der Waals surface area contributed by atoms with E-state index in [1.807, 2.05) is 0 Å². The third-order valence-electron chi connectivity index (χ3n) is 2.36. The fraction of sp³-hybridized carbons (Fsp3) is 0.300. The van der Waals surface area contributed by atoms with Crippen LogP contribution in [0.4, 0.5) is 0 Å². The molecule has 1 aromatic rings. The number of aliphatic hydroxyl groups is 2. The molecule has 1 aliphatic heterocycles. The first-order chi connectivity index (χ1) is 8.00. The fourth-order valence-electron chi connectivity index (χ4n) is 1.46. The Labute approximate surface area is 101 Å². The molecule has 1 aromatic carbocycles. The summed E-state index contributed by atoms with van der Waals surface area (Å²) in [5.41, 5.74) is 0.0748. The van der Waals surface area contributed by atoms with Crippen molar-refractivity contribution in [2.45, 2.75) is 12.2 Å². The summed E-state index contributed by atoms with van der Waals surface area (Å²) in [4.78, 5) is 10.6. The van der Waals surface area contributed by atoms with E-state index in [2.05, 4.69) is 0 Å². The zero-order chi connectivity index (χ0) is 12.6. The van der Waals surface area contributed by atoms with Gasteiger partial charge in [0.1, 0.15) is 6.10 Å². The number of halogens is 1.